The summed E-state index contributed by atoms with van der Waals surface area (Å²) in [5.74, 6) is 1.90. The quantitative estimate of drug-likeness (QED) is 0.765. The molecule has 116 valence electrons. The number of Topliss-reactive ketones (excluding diaryl/α,β-unsaturated/α-hetero) is 1. The first-order chi connectivity index (χ1) is 10.6. The molecule has 4 heteroatoms. The third-order valence-corrected chi connectivity index (χ3v) is 3.46. The van der Waals surface area contributed by atoms with E-state index in [1.165, 1.54) is 0 Å². The monoisotopic (exact) mass is 300 g/mol. The summed E-state index contributed by atoms with van der Waals surface area (Å²) in [6.07, 6.45) is 0. The summed E-state index contributed by atoms with van der Waals surface area (Å²) >= 11 is 0. The van der Waals surface area contributed by atoms with Gasteiger partial charge in [-0.15, -0.1) is 0 Å². The predicted octanol–water partition coefficient (Wildman–Crippen LogP) is 3.58. The Bertz CT molecular complexity index is 677. The molecule has 2 aromatic rings. The van der Waals surface area contributed by atoms with E-state index in [2.05, 4.69) is 0 Å². The summed E-state index contributed by atoms with van der Waals surface area (Å²) in [5.41, 5.74) is 2.45. The largest absolute Gasteiger partial charge is 0.496 e. The average Bonchev–Trinajstić information content (AvgIpc) is 2.53. The van der Waals surface area contributed by atoms with Gasteiger partial charge in [0, 0.05) is 5.56 Å². The third kappa shape index (κ3) is 3.39. The Morgan fingerprint density at radius 1 is 0.955 bits per heavy atom. The zero-order chi connectivity index (χ0) is 16.1. The molecule has 0 saturated heterocycles. The van der Waals surface area contributed by atoms with Crippen molar-refractivity contribution >= 4 is 5.78 Å². The van der Waals surface area contributed by atoms with Crippen molar-refractivity contribution in [2.45, 2.75) is 13.8 Å². The number of para-hydroxylation sites is 1. The molecule has 0 atom stereocenters. The smallest absolute Gasteiger partial charge is 0.200 e. The molecule has 0 amide bonds. The maximum absolute atomic E-state index is 12.3. The number of carbonyl (C=O) groups excluding carboxylic acids is 1. The van der Waals surface area contributed by atoms with Gasteiger partial charge in [-0.3, -0.25) is 4.79 Å². The van der Waals surface area contributed by atoms with E-state index in [9.17, 15) is 4.79 Å². The first-order valence-electron chi connectivity index (χ1n) is 7.01. The van der Waals surface area contributed by atoms with Crippen molar-refractivity contribution in [3.8, 4) is 17.2 Å². The molecule has 0 aromatic heterocycles. The van der Waals surface area contributed by atoms with Crippen LogP contribution in [0.15, 0.2) is 36.4 Å². The van der Waals surface area contributed by atoms with Gasteiger partial charge in [0.15, 0.2) is 23.9 Å². The van der Waals surface area contributed by atoms with Gasteiger partial charge in [-0.1, -0.05) is 12.1 Å². The number of ether oxygens (including phenoxy) is 3. The lowest BCUT2D eigenvalue weighted by Gasteiger charge is -2.13. The summed E-state index contributed by atoms with van der Waals surface area (Å²) in [6, 6.07) is 10.9. The number of benzene rings is 2. The molecule has 0 aliphatic rings. The Morgan fingerprint density at radius 3 is 2.32 bits per heavy atom. The molecule has 4 nitrogen and oxygen atoms in total. The van der Waals surface area contributed by atoms with Crippen molar-refractivity contribution in [3.63, 3.8) is 0 Å². The van der Waals surface area contributed by atoms with Crippen LogP contribution in [0.5, 0.6) is 17.2 Å². The minimum atomic E-state index is -0.0870. The summed E-state index contributed by atoms with van der Waals surface area (Å²) in [5, 5.41) is 0. The van der Waals surface area contributed by atoms with Gasteiger partial charge in [-0.25, -0.2) is 0 Å². The van der Waals surface area contributed by atoms with Crippen molar-refractivity contribution in [2.75, 3.05) is 20.8 Å². The van der Waals surface area contributed by atoms with Crippen LogP contribution in [-0.4, -0.2) is 26.6 Å². The minimum absolute atomic E-state index is 0.0347. The summed E-state index contributed by atoms with van der Waals surface area (Å²) < 4.78 is 16.1. The topological polar surface area (TPSA) is 44.8 Å². The van der Waals surface area contributed by atoms with Crippen LogP contribution < -0.4 is 14.2 Å². The molecule has 2 aromatic carbocycles. The van der Waals surface area contributed by atoms with E-state index < -0.39 is 0 Å². The lowest BCUT2D eigenvalue weighted by atomic mass is 10.1. The van der Waals surface area contributed by atoms with Gasteiger partial charge in [0.05, 0.1) is 14.2 Å². The second-order valence-electron chi connectivity index (χ2n) is 5.00. The average molecular weight is 300 g/mol. The van der Waals surface area contributed by atoms with E-state index in [0.29, 0.717) is 17.1 Å². The standard InChI is InChI=1S/C18H20O4/c1-12-6-5-7-17(21-4)18(12)22-11-15(19)14-8-9-16(20-3)13(2)10-14/h5-10H,11H2,1-4H3. The summed E-state index contributed by atoms with van der Waals surface area (Å²) in [6.45, 7) is 3.79. The van der Waals surface area contributed by atoms with Gasteiger partial charge >= 0.3 is 0 Å². The first-order valence-corrected chi connectivity index (χ1v) is 7.01. The van der Waals surface area contributed by atoms with Crippen LogP contribution in [0.25, 0.3) is 0 Å². The number of carbonyl (C=O) groups is 1. The molecule has 0 radical (unpaired) electrons. The lowest BCUT2D eigenvalue weighted by Crippen LogP contribution is -2.13. The predicted molar refractivity (Wildman–Crippen MR) is 85.3 cm³/mol. The number of hydrogen-bond donors (Lipinski definition) is 0. The fourth-order valence-electron chi connectivity index (χ4n) is 2.24. The molecule has 2 rings (SSSR count). The molecule has 0 aliphatic heterocycles. The number of methoxy groups -OCH3 is 2. The van der Waals surface area contributed by atoms with E-state index in [-0.39, 0.29) is 12.4 Å². The second-order valence-corrected chi connectivity index (χ2v) is 5.00. The molecular weight excluding hydrogens is 280 g/mol. The third-order valence-electron chi connectivity index (χ3n) is 3.46. The summed E-state index contributed by atoms with van der Waals surface area (Å²) in [7, 11) is 3.19. The number of rotatable bonds is 6. The van der Waals surface area contributed by atoms with Gasteiger partial charge in [0.25, 0.3) is 0 Å². The maximum Gasteiger partial charge on any atom is 0.200 e. The molecule has 22 heavy (non-hydrogen) atoms. The summed E-state index contributed by atoms with van der Waals surface area (Å²) in [4.78, 5) is 12.3. The molecule has 0 bridgehead atoms. The Kier molecular flexibility index (Phi) is 5.04. The van der Waals surface area contributed by atoms with Gasteiger partial charge in [-0.2, -0.15) is 0 Å². The van der Waals surface area contributed by atoms with Crippen molar-refractivity contribution in [2.24, 2.45) is 0 Å². The highest BCUT2D eigenvalue weighted by molar-refractivity contribution is 5.97. The van der Waals surface area contributed by atoms with Crippen LogP contribution >= 0.6 is 0 Å². The Balaban J connectivity index is 2.12. The first kappa shape index (κ1) is 15.9. The molecule has 0 aliphatic carbocycles. The SMILES string of the molecule is COc1ccc(C(=O)COc2c(C)cccc2OC)cc1C. The van der Waals surface area contributed by atoms with E-state index in [1.54, 1.807) is 32.4 Å². The lowest BCUT2D eigenvalue weighted by molar-refractivity contribution is 0.0919. The van der Waals surface area contributed by atoms with Crippen LogP contribution in [0.1, 0.15) is 21.5 Å². The van der Waals surface area contributed by atoms with Gasteiger partial charge in [0.2, 0.25) is 0 Å². The van der Waals surface area contributed by atoms with Gasteiger partial charge in [-0.05, 0) is 49.2 Å². The molecule has 0 saturated carbocycles. The van der Waals surface area contributed by atoms with Crippen LogP contribution in [-0.2, 0) is 0 Å². The van der Waals surface area contributed by atoms with Gasteiger partial charge < -0.3 is 14.2 Å². The normalized spacial score (nSPS) is 10.2. The minimum Gasteiger partial charge on any atom is -0.496 e. The van der Waals surface area contributed by atoms with E-state index in [4.69, 9.17) is 14.2 Å². The highest BCUT2D eigenvalue weighted by Gasteiger charge is 2.12. The highest BCUT2D eigenvalue weighted by Crippen LogP contribution is 2.30. The molecule has 0 spiro atoms. The van der Waals surface area contributed by atoms with Crippen molar-refractivity contribution in [3.05, 3.63) is 53.1 Å². The van der Waals surface area contributed by atoms with Crippen LogP contribution in [0, 0.1) is 13.8 Å². The van der Waals surface area contributed by atoms with E-state index in [0.717, 1.165) is 16.9 Å². The highest BCUT2D eigenvalue weighted by atomic mass is 16.5. The number of hydrogen-bond acceptors (Lipinski definition) is 4. The molecule has 0 unspecified atom stereocenters. The number of aryl methyl sites for hydroxylation is 2. The van der Waals surface area contributed by atoms with Crippen molar-refractivity contribution < 1.29 is 19.0 Å². The van der Waals surface area contributed by atoms with Crippen molar-refractivity contribution in [1.82, 2.24) is 0 Å². The zero-order valence-electron chi connectivity index (χ0n) is 13.3. The van der Waals surface area contributed by atoms with Gasteiger partial charge in [0.1, 0.15) is 5.75 Å². The molecule has 0 N–H and O–H groups in total. The zero-order valence-corrected chi connectivity index (χ0v) is 13.3. The molecule has 0 heterocycles. The fourth-order valence-corrected chi connectivity index (χ4v) is 2.24. The van der Waals surface area contributed by atoms with Crippen molar-refractivity contribution in [1.29, 1.82) is 0 Å². The van der Waals surface area contributed by atoms with Crippen LogP contribution in [0.4, 0.5) is 0 Å². The fraction of sp³-hybridized carbons (Fsp3) is 0.278. The Morgan fingerprint density at radius 2 is 1.68 bits per heavy atom. The van der Waals surface area contributed by atoms with E-state index in [1.807, 2.05) is 32.0 Å². The van der Waals surface area contributed by atoms with Crippen LogP contribution in [0.2, 0.25) is 0 Å². The number of ketones is 1. The van der Waals surface area contributed by atoms with E-state index >= 15 is 0 Å². The molecular formula is C18H20O4. The maximum atomic E-state index is 12.3. The van der Waals surface area contributed by atoms with Crippen LogP contribution in [0.3, 0.4) is 0 Å². The Hall–Kier alpha value is -2.49. The second kappa shape index (κ2) is 6.98. The Labute approximate surface area is 130 Å². The molecule has 0 fully saturated rings.